The van der Waals surface area contributed by atoms with Gasteiger partial charge in [-0.05, 0) is 18.9 Å². The molecule has 1 aromatic rings. The maximum atomic E-state index is 12.0. The van der Waals surface area contributed by atoms with Gasteiger partial charge in [-0.2, -0.15) is 0 Å². The van der Waals surface area contributed by atoms with Crippen LogP contribution in [0.1, 0.15) is 36.2 Å². The van der Waals surface area contributed by atoms with Crippen LogP contribution in [-0.4, -0.2) is 5.78 Å². The standard InChI is InChI=1S/C13H14O/c1-3-11-9(2)8-10-6-4-5-7-12(10)13(11)14/h4-8,11H,3H2,1-2H3. The van der Waals surface area contributed by atoms with Crippen LogP contribution in [0.2, 0.25) is 0 Å². The second-order valence-electron chi connectivity index (χ2n) is 3.80. The molecule has 0 aromatic heterocycles. The van der Waals surface area contributed by atoms with E-state index >= 15 is 0 Å². The highest BCUT2D eigenvalue weighted by molar-refractivity contribution is 6.05. The van der Waals surface area contributed by atoms with Crippen molar-refractivity contribution in [2.24, 2.45) is 5.92 Å². The van der Waals surface area contributed by atoms with Crippen LogP contribution in [0.3, 0.4) is 0 Å². The van der Waals surface area contributed by atoms with Gasteiger partial charge in [0.1, 0.15) is 0 Å². The molecule has 0 N–H and O–H groups in total. The van der Waals surface area contributed by atoms with E-state index in [9.17, 15) is 4.79 Å². The topological polar surface area (TPSA) is 17.1 Å². The SMILES string of the molecule is CCC1C(=O)c2ccccc2C=C1C. The van der Waals surface area contributed by atoms with E-state index in [4.69, 9.17) is 0 Å². The predicted octanol–water partition coefficient (Wildman–Crippen LogP) is 3.31. The fraction of sp³-hybridized carbons (Fsp3) is 0.308. The van der Waals surface area contributed by atoms with Gasteiger partial charge in [0.05, 0.1) is 0 Å². The molecule has 0 fully saturated rings. The molecule has 0 aliphatic heterocycles. The van der Waals surface area contributed by atoms with Crippen molar-refractivity contribution in [1.82, 2.24) is 0 Å². The first kappa shape index (κ1) is 9.20. The Morgan fingerprint density at radius 3 is 2.71 bits per heavy atom. The van der Waals surface area contributed by atoms with Crippen LogP contribution in [0, 0.1) is 5.92 Å². The molecule has 72 valence electrons. The Labute approximate surface area is 84.5 Å². The quantitative estimate of drug-likeness (QED) is 0.657. The second kappa shape index (κ2) is 3.41. The number of benzene rings is 1. The van der Waals surface area contributed by atoms with Crippen LogP contribution in [0.4, 0.5) is 0 Å². The number of allylic oxidation sites excluding steroid dienone is 1. The smallest absolute Gasteiger partial charge is 0.170 e. The Hall–Kier alpha value is -1.37. The summed E-state index contributed by atoms with van der Waals surface area (Å²) < 4.78 is 0. The molecule has 0 radical (unpaired) electrons. The third kappa shape index (κ3) is 1.29. The summed E-state index contributed by atoms with van der Waals surface area (Å²) in [5.74, 6) is 0.382. The van der Waals surface area contributed by atoms with E-state index in [1.165, 1.54) is 5.57 Å². The lowest BCUT2D eigenvalue weighted by Crippen LogP contribution is -2.19. The fourth-order valence-electron chi connectivity index (χ4n) is 2.09. The molecule has 1 nitrogen and oxygen atoms in total. The number of rotatable bonds is 1. The number of fused-ring (bicyclic) bond motifs is 1. The monoisotopic (exact) mass is 186 g/mol. The van der Waals surface area contributed by atoms with Gasteiger partial charge in [0.15, 0.2) is 5.78 Å². The highest BCUT2D eigenvalue weighted by atomic mass is 16.1. The van der Waals surface area contributed by atoms with Crippen molar-refractivity contribution < 1.29 is 4.79 Å². The van der Waals surface area contributed by atoms with Crippen LogP contribution in [0.5, 0.6) is 0 Å². The summed E-state index contributed by atoms with van der Waals surface area (Å²) in [6, 6.07) is 7.83. The van der Waals surface area contributed by atoms with E-state index in [0.29, 0.717) is 0 Å². The predicted molar refractivity (Wildman–Crippen MR) is 58.2 cm³/mol. The molecule has 1 unspecified atom stereocenters. The van der Waals surface area contributed by atoms with Crippen molar-refractivity contribution >= 4 is 11.9 Å². The zero-order valence-electron chi connectivity index (χ0n) is 8.58. The average molecular weight is 186 g/mol. The molecule has 0 amide bonds. The minimum atomic E-state index is 0.102. The van der Waals surface area contributed by atoms with E-state index in [2.05, 4.69) is 13.0 Å². The fourth-order valence-corrected chi connectivity index (χ4v) is 2.09. The molecule has 1 atom stereocenters. The summed E-state index contributed by atoms with van der Waals surface area (Å²) in [6.45, 7) is 4.11. The van der Waals surface area contributed by atoms with Crippen molar-refractivity contribution in [3.63, 3.8) is 0 Å². The van der Waals surface area contributed by atoms with Gasteiger partial charge in [-0.25, -0.2) is 0 Å². The van der Waals surface area contributed by atoms with Crippen molar-refractivity contribution in [3.05, 3.63) is 41.0 Å². The lowest BCUT2D eigenvalue weighted by molar-refractivity contribution is 0.0935. The third-order valence-electron chi connectivity index (χ3n) is 2.88. The lowest BCUT2D eigenvalue weighted by atomic mass is 9.82. The number of hydrogen-bond donors (Lipinski definition) is 0. The van der Waals surface area contributed by atoms with Crippen LogP contribution >= 0.6 is 0 Å². The zero-order chi connectivity index (χ0) is 10.1. The van der Waals surface area contributed by atoms with Gasteiger partial charge in [0, 0.05) is 11.5 Å². The van der Waals surface area contributed by atoms with Gasteiger partial charge in [0.2, 0.25) is 0 Å². The second-order valence-corrected chi connectivity index (χ2v) is 3.80. The molecule has 0 saturated carbocycles. The summed E-state index contributed by atoms with van der Waals surface area (Å²) in [6.07, 6.45) is 3.03. The Morgan fingerprint density at radius 2 is 2.00 bits per heavy atom. The first-order valence-electron chi connectivity index (χ1n) is 5.05. The molecule has 0 spiro atoms. The number of ketones is 1. The van der Waals surface area contributed by atoms with Gasteiger partial charge in [-0.3, -0.25) is 4.79 Å². The molecule has 1 aromatic carbocycles. The first-order valence-corrected chi connectivity index (χ1v) is 5.05. The lowest BCUT2D eigenvalue weighted by Gasteiger charge is -2.21. The average Bonchev–Trinajstić information content (AvgIpc) is 2.18. The number of hydrogen-bond acceptors (Lipinski definition) is 1. The maximum absolute atomic E-state index is 12.0. The van der Waals surface area contributed by atoms with Gasteiger partial charge < -0.3 is 0 Å². The molecular weight excluding hydrogens is 172 g/mol. The molecule has 14 heavy (non-hydrogen) atoms. The molecule has 0 bridgehead atoms. The Bertz CT molecular complexity index is 401. The van der Waals surface area contributed by atoms with E-state index in [0.717, 1.165) is 17.5 Å². The molecular formula is C13H14O. The van der Waals surface area contributed by atoms with Gasteiger partial charge in [-0.1, -0.05) is 42.8 Å². The van der Waals surface area contributed by atoms with Gasteiger partial charge in [-0.15, -0.1) is 0 Å². The van der Waals surface area contributed by atoms with Crippen LogP contribution in [-0.2, 0) is 0 Å². The van der Waals surface area contributed by atoms with Crippen LogP contribution < -0.4 is 0 Å². The van der Waals surface area contributed by atoms with E-state index in [-0.39, 0.29) is 11.7 Å². The summed E-state index contributed by atoms with van der Waals surface area (Å²) in [5.41, 5.74) is 3.14. The number of Topliss-reactive ketones (excluding diaryl/α,β-unsaturated/α-hetero) is 1. The maximum Gasteiger partial charge on any atom is 0.170 e. The summed E-state index contributed by atoms with van der Waals surface area (Å²) in [4.78, 5) is 12.0. The Kier molecular flexibility index (Phi) is 2.24. The molecule has 1 heteroatoms. The van der Waals surface area contributed by atoms with Crippen molar-refractivity contribution in [3.8, 4) is 0 Å². The van der Waals surface area contributed by atoms with E-state index in [1.54, 1.807) is 0 Å². The van der Waals surface area contributed by atoms with Crippen molar-refractivity contribution in [2.45, 2.75) is 20.3 Å². The van der Waals surface area contributed by atoms with Crippen LogP contribution in [0.15, 0.2) is 29.8 Å². The largest absolute Gasteiger partial charge is 0.293 e. The minimum Gasteiger partial charge on any atom is -0.293 e. The molecule has 2 rings (SSSR count). The minimum absolute atomic E-state index is 0.102. The molecule has 0 heterocycles. The Morgan fingerprint density at radius 1 is 1.29 bits per heavy atom. The Balaban J connectivity index is 2.55. The van der Waals surface area contributed by atoms with E-state index in [1.807, 2.05) is 31.2 Å². The van der Waals surface area contributed by atoms with E-state index < -0.39 is 0 Å². The van der Waals surface area contributed by atoms with Crippen LogP contribution in [0.25, 0.3) is 6.08 Å². The zero-order valence-corrected chi connectivity index (χ0v) is 8.58. The highest BCUT2D eigenvalue weighted by Gasteiger charge is 2.25. The highest BCUT2D eigenvalue weighted by Crippen LogP contribution is 2.29. The summed E-state index contributed by atoms with van der Waals surface area (Å²) in [7, 11) is 0. The summed E-state index contributed by atoms with van der Waals surface area (Å²) in [5, 5.41) is 0. The third-order valence-corrected chi connectivity index (χ3v) is 2.88. The van der Waals surface area contributed by atoms with Crippen molar-refractivity contribution in [1.29, 1.82) is 0 Å². The number of carbonyl (C=O) groups is 1. The molecule has 0 saturated heterocycles. The van der Waals surface area contributed by atoms with Crippen molar-refractivity contribution in [2.75, 3.05) is 0 Å². The molecule has 1 aliphatic rings. The van der Waals surface area contributed by atoms with Gasteiger partial charge >= 0.3 is 0 Å². The normalized spacial score (nSPS) is 20.3. The van der Waals surface area contributed by atoms with Gasteiger partial charge in [0.25, 0.3) is 0 Å². The molecule has 1 aliphatic carbocycles. The first-order chi connectivity index (χ1) is 6.74. The summed E-state index contributed by atoms with van der Waals surface area (Å²) >= 11 is 0. The number of carbonyl (C=O) groups excluding carboxylic acids is 1.